The minimum Gasteiger partial charge on any atom is -0.467 e. The SMILES string of the molecule is Cc1ccc(C2CC(=O)C3=C(C2)Nc2ccccc2N(C(=O)/C=C/c2ccccc2)C3c2ccco2)cc1. The van der Waals surface area contributed by atoms with Gasteiger partial charge >= 0.3 is 0 Å². The molecule has 6 rings (SSSR count). The average molecular weight is 501 g/mol. The Balaban J connectivity index is 1.47. The Labute approximate surface area is 222 Å². The fourth-order valence-electron chi connectivity index (χ4n) is 5.44. The number of amides is 1. The van der Waals surface area contributed by atoms with Gasteiger partial charge in [0.15, 0.2) is 5.78 Å². The number of carbonyl (C=O) groups excluding carboxylic acids is 2. The predicted molar refractivity (Wildman–Crippen MR) is 150 cm³/mol. The third-order valence-corrected chi connectivity index (χ3v) is 7.31. The highest BCUT2D eigenvalue weighted by molar-refractivity contribution is 6.10. The zero-order chi connectivity index (χ0) is 26.1. The van der Waals surface area contributed by atoms with Crippen molar-refractivity contribution in [3.63, 3.8) is 0 Å². The van der Waals surface area contributed by atoms with Crippen LogP contribution in [0, 0.1) is 6.92 Å². The first-order chi connectivity index (χ1) is 18.6. The molecule has 1 amide bonds. The minimum atomic E-state index is -0.685. The number of fused-ring (bicyclic) bond motifs is 1. The number of furan rings is 1. The van der Waals surface area contributed by atoms with Crippen molar-refractivity contribution in [3.8, 4) is 0 Å². The van der Waals surface area contributed by atoms with Crippen molar-refractivity contribution >= 4 is 29.1 Å². The first-order valence-electron chi connectivity index (χ1n) is 12.9. The normalized spacial score (nSPS) is 19.1. The van der Waals surface area contributed by atoms with E-state index in [4.69, 9.17) is 4.42 Å². The van der Waals surface area contributed by atoms with Crippen molar-refractivity contribution in [3.05, 3.63) is 137 Å². The fourth-order valence-corrected chi connectivity index (χ4v) is 5.44. The second kappa shape index (κ2) is 10.0. The van der Waals surface area contributed by atoms with Crippen molar-refractivity contribution in [2.75, 3.05) is 10.2 Å². The largest absolute Gasteiger partial charge is 0.467 e. The molecule has 1 aromatic heterocycles. The van der Waals surface area contributed by atoms with Crippen LogP contribution in [0.2, 0.25) is 0 Å². The van der Waals surface area contributed by atoms with E-state index in [0.29, 0.717) is 29.9 Å². The molecule has 1 aliphatic carbocycles. The first-order valence-corrected chi connectivity index (χ1v) is 12.9. The molecule has 5 heteroatoms. The molecule has 2 atom stereocenters. The van der Waals surface area contributed by atoms with E-state index in [1.54, 1.807) is 29.4 Å². The summed E-state index contributed by atoms with van der Waals surface area (Å²) in [5.41, 5.74) is 6.16. The van der Waals surface area contributed by atoms with Crippen molar-refractivity contribution in [1.29, 1.82) is 0 Å². The van der Waals surface area contributed by atoms with Gasteiger partial charge in [-0.1, -0.05) is 72.3 Å². The van der Waals surface area contributed by atoms with Crippen LogP contribution in [0.25, 0.3) is 6.08 Å². The molecular formula is C33H28N2O3. The van der Waals surface area contributed by atoms with Crippen LogP contribution in [-0.2, 0) is 9.59 Å². The van der Waals surface area contributed by atoms with Gasteiger partial charge in [0.05, 0.1) is 17.6 Å². The minimum absolute atomic E-state index is 0.0170. The van der Waals surface area contributed by atoms with Gasteiger partial charge in [-0.25, -0.2) is 0 Å². The van der Waals surface area contributed by atoms with Crippen molar-refractivity contribution in [2.24, 2.45) is 0 Å². The highest BCUT2D eigenvalue weighted by atomic mass is 16.3. The van der Waals surface area contributed by atoms with Crippen LogP contribution >= 0.6 is 0 Å². The van der Waals surface area contributed by atoms with E-state index in [0.717, 1.165) is 22.5 Å². The molecule has 5 nitrogen and oxygen atoms in total. The molecule has 0 radical (unpaired) electrons. The van der Waals surface area contributed by atoms with Crippen LogP contribution in [0.3, 0.4) is 0 Å². The number of nitrogens with zero attached hydrogens (tertiary/aromatic N) is 1. The van der Waals surface area contributed by atoms with Gasteiger partial charge in [-0.05, 0) is 60.7 Å². The van der Waals surface area contributed by atoms with Crippen molar-refractivity contribution in [2.45, 2.75) is 31.7 Å². The lowest BCUT2D eigenvalue weighted by Gasteiger charge is -2.33. The maximum Gasteiger partial charge on any atom is 0.252 e. The van der Waals surface area contributed by atoms with Crippen LogP contribution in [-0.4, -0.2) is 11.7 Å². The first kappa shape index (κ1) is 23.7. The third kappa shape index (κ3) is 4.48. The van der Waals surface area contributed by atoms with E-state index in [9.17, 15) is 9.59 Å². The van der Waals surface area contributed by atoms with Gasteiger partial charge in [-0.3, -0.25) is 14.5 Å². The summed E-state index contributed by atoms with van der Waals surface area (Å²) in [4.78, 5) is 29.6. The maximum absolute atomic E-state index is 13.9. The van der Waals surface area contributed by atoms with Gasteiger partial charge in [0.25, 0.3) is 5.91 Å². The predicted octanol–water partition coefficient (Wildman–Crippen LogP) is 7.20. The molecule has 0 saturated heterocycles. The van der Waals surface area contributed by atoms with Crippen LogP contribution in [0.5, 0.6) is 0 Å². The second-order valence-corrected chi connectivity index (χ2v) is 9.84. The number of aryl methyl sites for hydroxylation is 1. The number of ketones is 1. The zero-order valence-corrected chi connectivity index (χ0v) is 21.1. The number of carbonyl (C=O) groups is 2. The Morgan fingerprint density at radius 3 is 2.45 bits per heavy atom. The molecule has 2 aliphatic rings. The molecule has 1 N–H and O–H groups in total. The Kier molecular flexibility index (Phi) is 6.26. The molecule has 0 spiro atoms. The number of allylic oxidation sites excluding steroid dienone is 1. The van der Waals surface area contributed by atoms with Crippen LogP contribution in [0.15, 0.2) is 119 Å². The summed E-state index contributed by atoms with van der Waals surface area (Å²) < 4.78 is 5.88. The molecular weight excluding hydrogens is 472 g/mol. The van der Waals surface area contributed by atoms with Gasteiger partial charge < -0.3 is 9.73 Å². The van der Waals surface area contributed by atoms with E-state index in [-0.39, 0.29) is 17.6 Å². The lowest BCUT2D eigenvalue weighted by Crippen LogP contribution is -2.37. The molecule has 0 fully saturated rings. The lowest BCUT2D eigenvalue weighted by atomic mass is 9.79. The van der Waals surface area contributed by atoms with E-state index >= 15 is 0 Å². The van der Waals surface area contributed by atoms with Crippen molar-refractivity contribution < 1.29 is 14.0 Å². The van der Waals surface area contributed by atoms with Crippen molar-refractivity contribution in [1.82, 2.24) is 0 Å². The number of anilines is 2. The van der Waals surface area contributed by atoms with Gasteiger partial charge in [-0.2, -0.15) is 0 Å². The summed E-state index contributed by atoms with van der Waals surface area (Å²) in [6.45, 7) is 2.06. The monoisotopic (exact) mass is 500 g/mol. The standard InChI is InChI=1S/C33H28N2O3/c1-22-13-16-24(17-14-22)25-20-27-32(29(36)21-25)33(30-12-7-19-38-30)35(28-11-6-5-10-26(28)34-27)31(37)18-15-23-8-3-2-4-9-23/h2-19,25,33-34H,20-21H2,1H3/b18-15+. The highest BCUT2D eigenvalue weighted by Gasteiger charge is 2.42. The summed E-state index contributed by atoms with van der Waals surface area (Å²) in [6.07, 6.45) is 5.99. The average Bonchev–Trinajstić information content (AvgIpc) is 3.42. The summed E-state index contributed by atoms with van der Waals surface area (Å²) in [7, 11) is 0. The van der Waals surface area contributed by atoms with E-state index < -0.39 is 6.04 Å². The van der Waals surface area contributed by atoms with E-state index in [2.05, 4.69) is 36.5 Å². The number of hydrogen-bond acceptors (Lipinski definition) is 4. The summed E-state index contributed by atoms with van der Waals surface area (Å²) in [5.74, 6) is 0.397. The molecule has 2 unspecified atom stereocenters. The fraction of sp³-hybridized carbons (Fsp3) is 0.152. The molecule has 0 bridgehead atoms. The molecule has 188 valence electrons. The highest BCUT2D eigenvalue weighted by Crippen LogP contribution is 2.47. The number of nitrogens with one attached hydrogen (secondary N) is 1. The Morgan fingerprint density at radius 2 is 1.68 bits per heavy atom. The van der Waals surface area contributed by atoms with Crippen LogP contribution in [0.4, 0.5) is 11.4 Å². The number of rotatable bonds is 4. The number of hydrogen-bond donors (Lipinski definition) is 1. The number of para-hydroxylation sites is 2. The molecule has 1 aliphatic heterocycles. The molecule has 3 aromatic carbocycles. The second-order valence-electron chi connectivity index (χ2n) is 9.84. The Hall–Kier alpha value is -4.64. The summed E-state index contributed by atoms with van der Waals surface area (Å²) in [5, 5.41) is 3.55. The van der Waals surface area contributed by atoms with Gasteiger partial charge in [0.2, 0.25) is 0 Å². The van der Waals surface area contributed by atoms with Crippen LogP contribution < -0.4 is 10.2 Å². The summed E-state index contributed by atoms with van der Waals surface area (Å²) >= 11 is 0. The molecule has 0 saturated carbocycles. The number of benzene rings is 3. The summed E-state index contributed by atoms with van der Waals surface area (Å²) in [6, 6.07) is 28.7. The van der Waals surface area contributed by atoms with Gasteiger partial charge in [0.1, 0.15) is 11.8 Å². The molecule has 4 aromatic rings. The Bertz CT molecular complexity index is 1530. The molecule has 2 heterocycles. The number of Topliss-reactive ketones (excluding diaryl/α,β-unsaturated/α-hetero) is 1. The Morgan fingerprint density at radius 1 is 0.921 bits per heavy atom. The quantitative estimate of drug-likeness (QED) is 0.301. The van der Waals surface area contributed by atoms with Gasteiger partial charge in [-0.15, -0.1) is 0 Å². The third-order valence-electron chi connectivity index (χ3n) is 7.31. The topological polar surface area (TPSA) is 62.6 Å². The molecule has 38 heavy (non-hydrogen) atoms. The van der Waals surface area contributed by atoms with Gasteiger partial charge in [0, 0.05) is 23.8 Å². The zero-order valence-electron chi connectivity index (χ0n) is 21.1. The lowest BCUT2D eigenvalue weighted by molar-refractivity contribution is -0.117. The van der Waals surface area contributed by atoms with Crippen LogP contribution in [0.1, 0.15) is 47.3 Å². The van der Waals surface area contributed by atoms with E-state index in [1.165, 1.54) is 5.56 Å². The van der Waals surface area contributed by atoms with E-state index in [1.807, 2.05) is 60.7 Å². The smallest absolute Gasteiger partial charge is 0.252 e. The maximum atomic E-state index is 13.9.